The Balaban J connectivity index is 2.36. The molecule has 0 bridgehead atoms. The Morgan fingerprint density at radius 2 is 1.84 bits per heavy atom. The van der Waals surface area contributed by atoms with Gasteiger partial charge < -0.3 is 9.47 Å². The lowest BCUT2D eigenvalue weighted by Crippen LogP contribution is -2.34. The zero-order valence-corrected chi connectivity index (χ0v) is 12.3. The van der Waals surface area contributed by atoms with Crippen LogP contribution in [0.5, 0.6) is 11.5 Å². The molecule has 19 heavy (non-hydrogen) atoms. The van der Waals surface area contributed by atoms with Crippen LogP contribution in [0.25, 0.3) is 0 Å². The minimum absolute atomic E-state index is 0.430. The van der Waals surface area contributed by atoms with E-state index in [9.17, 15) is 0 Å². The number of ether oxygens (including phenoxy) is 2. The van der Waals surface area contributed by atoms with Crippen LogP contribution in [0.2, 0.25) is 0 Å². The third-order valence-corrected chi connectivity index (χ3v) is 3.92. The van der Waals surface area contributed by atoms with Crippen molar-refractivity contribution >= 4 is 0 Å². The lowest BCUT2D eigenvalue weighted by atomic mass is 9.93. The molecule has 1 saturated heterocycles. The maximum Gasteiger partial charge on any atom is 0.127 e. The first-order chi connectivity index (χ1) is 9.31. The predicted molar refractivity (Wildman–Crippen MR) is 78.0 cm³/mol. The summed E-state index contributed by atoms with van der Waals surface area (Å²) in [5.74, 6) is 1.90. The Kier molecular flexibility index (Phi) is 5.08. The second-order valence-corrected chi connectivity index (χ2v) is 5.12. The summed E-state index contributed by atoms with van der Waals surface area (Å²) in [5.41, 5.74) is 1.22. The van der Waals surface area contributed by atoms with Gasteiger partial charge >= 0.3 is 0 Å². The van der Waals surface area contributed by atoms with Gasteiger partial charge in [-0.1, -0.05) is 19.4 Å². The van der Waals surface area contributed by atoms with Crippen molar-refractivity contribution in [3.05, 3.63) is 23.8 Å². The summed E-state index contributed by atoms with van der Waals surface area (Å²) < 4.78 is 11.1. The van der Waals surface area contributed by atoms with Gasteiger partial charge in [-0.3, -0.25) is 4.90 Å². The summed E-state index contributed by atoms with van der Waals surface area (Å²) in [6.07, 6.45) is 4.96. The fraction of sp³-hybridized carbons (Fsp3) is 0.625. The number of benzene rings is 1. The summed E-state index contributed by atoms with van der Waals surface area (Å²) in [6.45, 7) is 4.57. The lowest BCUT2D eigenvalue weighted by Gasteiger charge is -2.37. The van der Waals surface area contributed by atoms with Gasteiger partial charge in [0.1, 0.15) is 11.5 Å². The Bertz CT molecular complexity index is 381. The summed E-state index contributed by atoms with van der Waals surface area (Å²) in [6, 6.07) is 6.50. The number of hydrogen-bond acceptors (Lipinski definition) is 3. The van der Waals surface area contributed by atoms with Gasteiger partial charge in [0.25, 0.3) is 0 Å². The third kappa shape index (κ3) is 3.03. The quantitative estimate of drug-likeness (QED) is 0.809. The molecule has 3 heteroatoms. The van der Waals surface area contributed by atoms with Gasteiger partial charge in [0, 0.05) is 6.04 Å². The normalized spacial score (nSPS) is 20.3. The minimum atomic E-state index is 0.430. The predicted octanol–water partition coefficient (Wildman–Crippen LogP) is 3.64. The van der Waals surface area contributed by atoms with E-state index in [1.807, 2.05) is 18.2 Å². The van der Waals surface area contributed by atoms with Crippen LogP contribution in [0.4, 0.5) is 0 Å². The monoisotopic (exact) mass is 263 g/mol. The second-order valence-electron chi connectivity index (χ2n) is 5.12. The SMILES string of the molecule is CCCN1CCCCC1c1c(OC)cccc1OC. The van der Waals surface area contributed by atoms with E-state index in [1.54, 1.807) is 14.2 Å². The molecule has 0 saturated carbocycles. The van der Waals surface area contributed by atoms with E-state index in [-0.39, 0.29) is 0 Å². The Labute approximate surface area is 116 Å². The highest BCUT2D eigenvalue weighted by molar-refractivity contribution is 5.47. The van der Waals surface area contributed by atoms with E-state index in [1.165, 1.54) is 37.8 Å². The van der Waals surface area contributed by atoms with Crippen molar-refractivity contribution < 1.29 is 9.47 Å². The highest BCUT2D eigenvalue weighted by atomic mass is 16.5. The summed E-state index contributed by atoms with van der Waals surface area (Å²) in [5, 5.41) is 0. The highest BCUT2D eigenvalue weighted by Gasteiger charge is 2.28. The molecule has 0 aliphatic carbocycles. The summed E-state index contributed by atoms with van der Waals surface area (Å²) >= 11 is 0. The van der Waals surface area contributed by atoms with E-state index in [2.05, 4.69) is 11.8 Å². The van der Waals surface area contributed by atoms with E-state index in [4.69, 9.17) is 9.47 Å². The topological polar surface area (TPSA) is 21.7 Å². The van der Waals surface area contributed by atoms with Gasteiger partial charge in [0.2, 0.25) is 0 Å². The maximum absolute atomic E-state index is 5.56. The van der Waals surface area contributed by atoms with Crippen molar-refractivity contribution in [2.75, 3.05) is 27.3 Å². The van der Waals surface area contributed by atoms with Crippen LogP contribution >= 0.6 is 0 Å². The van der Waals surface area contributed by atoms with Gasteiger partial charge in [-0.05, 0) is 44.5 Å². The molecule has 1 aromatic rings. The maximum atomic E-state index is 5.56. The molecule has 1 aliphatic rings. The summed E-state index contributed by atoms with van der Waals surface area (Å²) in [7, 11) is 3.48. The average molecular weight is 263 g/mol. The molecule has 0 radical (unpaired) electrons. The van der Waals surface area contributed by atoms with Gasteiger partial charge in [0.05, 0.1) is 19.8 Å². The smallest absolute Gasteiger partial charge is 0.127 e. The molecule has 1 heterocycles. The molecule has 0 spiro atoms. The minimum Gasteiger partial charge on any atom is -0.496 e. The van der Waals surface area contributed by atoms with Crippen LogP contribution in [0.15, 0.2) is 18.2 Å². The average Bonchev–Trinajstić information content (AvgIpc) is 2.47. The van der Waals surface area contributed by atoms with Gasteiger partial charge in [-0.15, -0.1) is 0 Å². The molecule has 1 aromatic carbocycles. The number of methoxy groups -OCH3 is 2. The number of nitrogens with zero attached hydrogens (tertiary/aromatic N) is 1. The largest absolute Gasteiger partial charge is 0.496 e. The van der Waals surface area contributed by atoms with Crippen LogP contribution in [0, 0.1) is 0 Å². The van der Waals surface area contributed by atoms with Crippen LogP contribution in [0.1, 0.15) is 44.2 Å². The Morgan fingerprint density at radius 1 is 1.16 bits per heavy atom. The lowest BCUT2D eigenvalue weighted by molar-refractivity contribution is 0.143. The van der Waals surface area contributed by atoms with Crippen molar-refractivity contribution in [2.24, 2.45) is 0 Å². The van der Waals surface area contributed by atoms with Gasteiger partial charge in [-0.25, -0.2) is 0 Å². The van der Waals surface area contributed by atoms with E-state index in [0.29, 0.717) is 6.04 Å². The first-order valence-corrected chi connectivity index (χ1v) is 7.26. The number of hydrogen-bond donors (Lipinski definition) is 0. The Hall–Kier alpha value is -1.22. The van der Waals surface area contributed by atoms with Crippen molar-refractivity contribution in [2.45, 2.75) is 38.6 Å². The number of rotatable bonds is 5. The molecule has 1 aliphatic heterocycles. The van der Waals surface area contributed by atoms with Crippen LogP contribution < -0.4 is 9.47 Å². The fourth-order valence-corrected chi connectivity index (χ4v) is 3.08. The van der Waals surface area contributed by atoms with Crippen molar-refractivity contribution in [3.63, 3.8) is 0 Å². The molecule has 0 amide bonds. The van der Waals surface area contributed by atoms with Crippen molar-refractivity contribution in [1.82, 2.24) is 4.90 Å². The van der Waals surface area contributed by atoms with Crippen LogP contribution in [0.3, 0.4) is 0 Å². The molecule has 0 N–H and O–H groups in total. The second kappa shape index (κ2) is 6.80. The third-order valence-electron chi connectivity index (χ3n) is 3.92. The van der Waals surface area contributed by atoms with Crippen molar-refractivity contribution in [1.29, 1.82) is 0 Å². The molecule has 0 aromatic heterocycles. The highest BCUT2D eigenvalue weighted by Crippen LogP contribution is 2.41. The molecule has 1 atom stereocenters. The number of likely N-dealkylation sites (tertiary alicyclic amines) is 1. The molecule has 2 rings (SSSR count). The fourth-order valence-electron chi connectivity index (χ4n) is 3.08. The number of piperidine rings is 1. The first kappa shape index (κ1) is 14.2. The van der Waals surface area contributed by atoms with Crippen LogP contribution in [-0.2, 0) is 0 Å². The summed E-state index contributed by atoms with van der Waals surface area (Å²) in [4.78, 5) is 2.57. The zero-order valence-electron chi connectivity index (χ0n) is 12.3. The van der Waals surface area contributed by atoms with Crippen LogP contribution in [-0.4, -0.2) is 32.2 Å². The molecular formula is C16H25NO2. The molecule has 106 valence electrons. The standard InChI is InChI=1S/C16H25NO2/c1-4-11-17-12-6-5-8-13(17)16-14(18-2)9-7-10-15(16)19-3/h7,9-10,13H,4-6,8,11-12H2,1-3H3. The van der Waals surface area contributed by atoms with E-state index < -0.39 is 0 Å². The van der Waals surface area contributed by atoms with Crippen molar-refractivity contribution in [3.8, 4) is 11.5 Å². The molecule has 1 unspecified atom stereocenters. The molecular weight excluding hydrogens is 238 g/mol. The first-order valence-electron chi connectivity index (χ1n) is 7.26. The van der Waals surface area contributed by atoms with Gasteiger partial charge in [0.15, 0.2) is 0 Å². The van der Waals surface area contributed by atoms with E-state index in [0.717, 1.165) is 18.0 Å². The molecule has 3 nitrogen and oxygen atoms in total. The molecule has 1 fully saturated rings. The zero-order chi connectivity index (χ0) is 13.7. The van der Waals surface area contributed by atoms with Gasteiger partial charge in [-0.2, -0.15) is 0 Å². The van der Waals surface area contributed by atoms with E-state index >= 15 is 0 Å². The Morgan fingerprint density at radius 3 is 2.42 bits per heavy atom.